The zero-order valence-corrected chi connectivity index (χ0v) is 10.2. The molecule has 0 heterocycles. The lowest BCUT2D eigenvalue weighted by molar-refractivity contribution is -0.123. The summed E-state index contributed by atoms with van der Waals surface area (Å²) in [7, 11) is 0. The predicted molar refractivity (Wildman–Crippen MR) is 65.2 cm³/mol. The van der Waals surface area contributed by atoms with Crippen molar-refractivity contribution in [3.8, 4) is 12.3 Å². The van der Waals surface area contributed by atoms with Crippen LogP contribution in [0.5, 0.6) is 0 Å². The molecule has 2 N–H and O–H groups in total. The highest BCUT2D eigenvalue weighted by atomic mass is 16.5. The van der Waals surface area contributed by atoms with E-state index < -0.39 is 0 Å². The van der Waals surface area contributed by atoms with Crippen molar-refractivity contribution in [2.24, 2.45) is 5.92 Å². The number of carbonyl (C=O) groups excluding carboxylic acids is 1. The lowest BCUT2D eigenvalue weighted by Gasteiger charge is -2.30. The number of rotatable bonds is 6. The molecule has 0 aromatic rings. The molecule has 0 saturated heterocycles. The van der Waals surface area contributed by atoms with Crippen molar-refractivity contribution in [3.05, 3.63) is 0 Å². The second kappa shape index (κ2) is 8.10. The zero-order valence-electron chi connectivity index (χ0n) is 10.2. The average Bonchev–Trinajstić information content (AvgIpc) is 2.35. The van der Waals surface area contributed by atoms with E-state index in [1.807, 2.05) is 0 Å². The molecule has 1 amide bonds. The van der Waals surface area contributed by atoms with E-state index >= 15 is 0 Å². The Balaban J connectivity index is 2.22. The first-order chi connectivity index (χ1) is 8.27. The summed E-state index contributed by atoms with van der Waals surface area (Å²) in [5.74, 6) is 2.54. The summed E-state index contributed by atoms with van der Waals surface area (Å²) in [4.78, 5) is 11.6. The SMILES string of the molecule is C#CCOCCC(=O)NC1CCCCC1CO. The van der Waals surface area contributed by atoms with Crippen LogP contribution in [0.2, 0.25) is 0 Å². The van der Waals surface area contributed by atoms with Gasteiger partial charge in [-0.1, -0.05) is 18.8 Å². The van der Waals surface area contributed by atoms with Crippen LogP contribution in [-0.2, 0) is 9.53 Å². The van der Waals surface area contributed by atoms with Crippen LogP contribution in [0.4, 0.5) is 0 Å². The van der Waals surface area contributed by atoms with Gasteiger partial charge in [-0.2, -0.15) is 0 Å². The van der Waals surface area contributed by atoms with Gasteiger partial charge in [0.25, 0.3) is 0 Å². The minimum Gasteiger partial charge on any atom is -0.396 e. The molecule has 0 aromatic carbocycles. The van der Waals surface area contributed by atoms with Crippen LogP contribution < -0.4 is 5.32 Å². The van der Waals surface area contributed by atoms with Gasteiger partial charge in [-0.05, 0) is 12.8 Å². The minimum absolute atomic E-state index is 0.0210. The van der Waals surface area contributed by atoms with Gasteiger partial charge in [-0.15, -0.1) is 6.42 Å². The average molecular weight is 239 g/mol. The van der Waals surface area contributed by atoms with E-state index in [2.05, 4.69) is 11.2 Å². The molecule has 1 aliphatic rings. The van der Waals surface area contributed by atoms with Gasteiger partial charge < -0.3 is 15.2 Å². The number of hydrogen-bond donors (Lipinski definition) is 2. The highest BCUT2D eigenvalue weighted by molar-refractivity contribution is 5.76. The van der Waals surface area contributed by atoms with Crippen molar-refractivity contribution in [3.63, 3.8) is 0 Å². The maximum absolute atomic E-state index is 11.6. The van der Waals surface area contributed by atoms with Crippen molar-refractivity contribution in [1.29, 1.82) is 0 Å². The van der Waals surface area contributed by atoms with Crippen molar-refractivity contribution >= 4 is 5.91 Å². The van der Waals surface area contributed by atoms with E-state index in [1.165, 1.54) is 0 Å². The van der Waals surface area contributed by atoms with Gasteiger partial charge in [0.15, 0.2) is 0 Å². The Morgan fingerprint density at radius 1 is 1.47 bits per heavy atom. The summed E-state index contributed by atoms with van der Waals surface area (Å²) in [5.41, 5.74) is 0. The maximum Gasteiger partial charge on any atom is 0.222 e. The van der Waals surface area contributed by atoms with Crippen LogP contribution in [0.1, 0.15) is 32.1 Å². The monoisotopic (exact) mass is 239 g/mol. The van der Waals surface area contributed by atoms with E-state index in [4.69, 9.17) is 11.2 Å². The summed E-state index contributed by atoms with van der Waals surface area (Å²) >= 11 is 0. The van der Waals surface area contributed by atoms with Crippen LogP contribution in [0, 0.1) is 18.3 Å². The third-order valence-electron chi connectivity index (χ3n) is 3.15. The smallest absolute Gasteiger partial charge is 0.222 e. The second-order valence-corrected chi connectivity index (χ2v) is 4.41. The number of aliphatic hydroxyl groups excluding tert-OH is 1. The van der Waals surface area contributed by atoms with Gasteiger partial charge in [0.1, 0.15) is 6.61 Å². The Hall–Kier alpha value is -1.05. The molecule has 0 spiro atoms. The van der Waals surface area contributed by atoms with Crippen molar-refractivity contribution < 1.29 is 14.6 Å². The molecule has 0 bridgehead atoms. The first-order valence-corrected chi connectivity index (χ1v) is 6.19. The van der Waals surface area contributed by atoms with E-state index in [-0.39, 0.29) is 31.1 Å². The Labute approximate surface area is 103 Å². The first-order valence-electron chi connectivity index (χ1n) is 6.19. The molecule has 1 rings (SSSR count). The molecular formula is C13H21NO3. The predicted octanol–water partition coefficient (Wildman–Crippen LogP) is 0.694. The first kappa shape index (κ1) is 14.0. The molecule has 2 unspecified atom stereocenters. The summed E-state index contributed by atoms with van der Waals surface area (Å²) in [6.07, 6.45) is 9.57. The molecule has 2 atom stereocenters. The Bertz CT molecular complexity index is 272. The highest BCUT2D eigenvalue weighted by Crippen LogP contribution is 2.23. The van der Waals surface area contributed by atoms with Crippen molar-refractivity contribution in [2.45, 2.75) is 38.1 Å². The van der Waals surface area contributed by atoms with E-state index in [1.54, 1.807) is 0 Å². The number of terminal acetylenes is 1. The molecule has 4 heteroatoms. The lowest BCUT2D eigenvalue weighted by Crippen LogP contribution is -2.43. The molecule has 96 valence electrons. The summed E-state index contributed by atoms with van der Waals surface area (Å²) < 4.78 is 5.05. The molecule has 0 aliphatic heterocycles. The Kier molecular flexibility index (Phi) is 6.68. The number of nitrogens with one attached hydrogen (secondary N) is 1. The number of aliphatic hydroxyl groups is 1. The quantitative estimate of drug-likeness (QED) is 0.530. The summed E-state index contributed by atoms with van der Waals surface area (Å²) in [6, 6.07) is 0.119. The fourth-order valence-corrected chi connectivity index (χ4v) is 2.19. The molecule has 1 saturated carbocycles. The largest absolute Gasteiger partial charge is 0.396 e. The van der Waals surface area contributed by atoms with Gasteiger partial charge >= 0.3 is 0 Å². The molecule has 1 fully saturated rings. The van der Waals surface area contributed by atoms with Crippen LogP contribution in [-0.4, -0.2) is 36.9 Å². The van der Waals surface area contributed by atoms with Gasteiger partial charge in [-0.3, -0.25) is 4.79 Å². The normalized spacial score (nSPS) is 24.0. The fourth-order valence-electron chi connectivity index (χ4n) is 2.19. The maximum atomic E-state index is 11.6. The van der Waals surface area contributed by atoms with Gasteiger partial charge in [0.2, 0.25) is 5.91 Å². The highest BCUT2D eigenvalue weighted by Gasteiger charge is 2.25. The second-order valence-electron chi connectivity index (χ2n) is 4.41. The summed E-state index contributed by atoms with van der Waals surface area (Å²) in [6.45, 7) is 0.751. The van der Waals surface area contributed by atoms with Crippen LogP contribution >= 0.6 is 0 Å². The number of carbonyl (C=O) groups is 1. The van der Waals surface area contributed by atoms with Gasteiger partial charge in [0, 0.05) is 18.6 Å². The van der Waals surface area contributed by atoms with E-state index in [0.29, 0.717) is 13.0 Å². The lowest BCUT2D eigenvalue weighted by atomic mass is 9.85. The number of amides is 1. The van der Waals surface area contributed by atoms with Crippen LogP contribution in [0.15, 0.2) is 0 Å². The molecule has 4 nitrogen and oxygen atoms in total. The van der Waals surface area contributed by atoms with Crippen LogP contribution in [0.3, 0.4) is 0 Å². The molecule has 0 radical (unpaired) electrons. The topological polar surface area (TPSA) is 58.6 Å². The number of ether oxygens (including phenoxy) is 1. The standard InChI is InChI=1S/C13H21NO3/c1-2-8-17-9-7-13(16)14-12-6-4-3-5-11(12)10-15/h1,11-12,15H,3-10H2,(H,14,16). The van der Waals surface area contributed by atoms with E-state index in [0.717, 1.165) is 25.7 Å². The fraction of sp³-hybridized carbons (Fsp3) is 0.769. The van der Waals surface area contributed by atoms with Gasteiger partial charge in [0.05, 0.1) is 13.0 Å². The van der Waals surface area contributed by atoms with Crippen molar-refractivity contribution in [2.75, 3.05) is 19.8 Å². The van der Waals surface area contributed by atoms with Crippen molar-refractivity contribution in [1.82, 2.24) is 5.32 Å². The Morgan fingerprint density at radius 2 is 2.24 bits per heavy atom. The Morgan fingerprint density at radius 3 is 2.94 bits per heavy atom. The molecule has 0 aromatic heterocycles. The van der Waals surface area contributed by atoms with Gasteiger partial charge in [-0.25, -0.2) is 0 Å². The zero-order chi connectivity index (χ0) is 12.5. The molecular weight excluding hydrogens is 218 g/mol. The third-order valence-corrected chi connectivity index (χ3v) is 3.15. The third kappa shape index (κ3) is 5.20. The summed E-state index contributed by atoms with van der Waals surface area (Å²) in [5, 5.41) is 12.2. The minimum atomic E-state index is -0.0210. The number of hydrogen-bond acceptors (Lipinski definition) is 3. The molecule has 1 aliphatic carbocycles. The van der Waals surface area contributed by atoms with Crippen LogP contribution in [0.25, 0.3) is 0 Å². The molecule has 17 heavy (non-hydrogen) atoms. The van der Waals surface area contributed by atoms with E-state index in [9.17, 15) is 9.90 Å².